The number of aromatic nitrogens is 1. The maximum Gasteiger partial charge on any atom is 0.306 e. The zero-order valence-electron chi connectivity index (χ0n) is 7.44. The van der Waals surface area contributed by atoms with Crippen molar-refractivity contribution in [3.63, 3.8) is 0 Å². The van der Waals surface area contributed by atoms with E-state index in [0.29, 0.717) is 11.6 Å². The van der Waals surface area contributed by atoms with Gasteiger partial charge in [-0.15, -0.1) is 0 Å². The van der Waals surface area contributed by atoms with Crippen LogP contribution in [0.1, 0.15) is 29.9 Å². The Labute approximate surface area is 75.0 Å². The Morgan fingerprint density at radius 1 is 1.62 bits per heavy atom. The molecule has 0 spiro atoms. The van der Waals surface area contributed by atoms with Crippen molar-refractivity contribution in [2.24, 2.45) is 0 Å². The summed E-state index contributed by atoms with van der Waals surface area (Å²) in [5.74, 6) is -0.405. The highest BCUT2D eigenvalue weighted by Gasteiger charge is 2.19. The van der Waals surface area contributed by atoms with Crippen LogP contribution in [0.2, 0.25) is 0 Å². The number of oxazole rings is 1. The predicted molar refractivity (Wildman–Crippen MR) is 43.2 cm³/mol. The molecule has 2 N–H and O–H groups in total. The van der Waals surface area contributed by atoms with E-state index in [2.05, 4.69) is 4.98 Å². The van der Waals surface area contributed by atoms with Crippen LogP contribution in [0.25, 0.3) is 0 Å². The summed E-state index contributed by atoms with van der Waals surface area (Å²) < 4.78 is 5.05. The monoisotopic (exact) mass is 185 g/mol. The molecule has 5 heteroatoms. The van der Waals surface area contributed by atoms with Crippen LogP contribution < -0.4 is 0 Å². The Hall–Kier alpha value is -1.36. The van der Waals surface area contributed by atoms with Gasteiger partial charge in [-0.3, -0.25) is 4.79 Å². The number of aryl methyl sites for hydroxylation is 2. The first-order valence-electron chi connectivity index (χ1n) is 3.84. The van der Waals surface area contributed by atoms with E-state index in [1.807, 2.05) is 0 Å². The van der Waals surface area contributed by atoms with Crippen LogP contribution in [-0.4, -0.2) is 21.2 Å². The summed E-state index contributed by atoms with van der Waals surface area (Å²) in [7, 11) is 0. The van der Waals surface area contributed by atoms with E-state index >= 15 is 0 Å². The van der Waals surface area contributed by atoms with Gasteiger partial charge in [0.2, 0.25) is 0 Å². The molecule has 1 atom stereocenters. The van der Waals surface area contributed by atoms with Gasteiger partial charge in [0, 0.05) is 6.92 Å². The standard InChI is InChI=1S/C8H11NO4/c1-4-8(13-5(2)9-4)6(10)3-7(11)12/h6,10H,3H2,1-2H3,(H,11,12). The van der Waals surface area contributed by atoms with Gasteiger partial charge in [0.1, 0.15) is 6.10 Å². The molecule has 13 heavy (non-hydrogen) atoms. The second kappa shape index (κ2) is 3.57. The van der Waals surface area contributed by atoms with Crippen molar-refractivity contribution in [3.8, 4) is 0 Å². The molecule has 0 radical (unpaired) electrons. The van der Waals surface area contributed by atoms with Gasteiger partial charge in [-0.2, -0.15) is 0 Å². The maximum atomic E-state index is 10.3. The lowest BCUT2D eigenvalue weighted by Gasteiger charge is -2.03. The van der Waals surface area contributed by atoms with Crippen molar-refractivity contribution in [1.82, 2.24) is 4.98 Å². The first-order valence-corrected chi connectivity index (χ1v) is 3.84. The lowest BCUT2D eigenvalue weighted by molar-refractivity contribution is -0.139. The number of aliphatic hydroxyl groups is 1. The number of hydrogen-bond donors (Lipinski definition) is 2. The number of hydrogen-bond acceptors (Lipinski definition) is 4. The Morgan fingerprint density at radius 3 is 2.62 bits per heavy atom. The molecule has 72 valence electrons. The third-order valence-corrected chi connectivity index (χ3v) is 1.61. The van der Waals surface area contributed by atoms with Crippen molar-refractivity contribution in [2.75, 3.05) is 0 Å². The summed E-state index contributed by atoms with van der Waals surface area (Å²) in [6, 6.07) is 0. The molecule has 0 aliphatic carbocycles. The van der Waals surface area contributed by atoms with Gasteiger partial charge in [-0.05, 0) is 6.92 Å². The Kier molecular flexibility index (Phi) is 2.67. The maximum absolute atomic E-state index is 10.3. The number of nitrogens with zero attached hydrogens (tertiary/aromatic N) is 1. The molecule has 0 amide bonds. The molecule has 0 fully saturated rings. The number of rotatable bonds is 3. The van der Waals surface area contributed by atoms with Gasteiger partial charge >= 0.3 is 5.97 Å². The molecule has 1 aromatic heterocycles. The van der Waals surface area contributed by atoms with Crippen LogP contribution in [0.5, 0.6) is 0 Å². The highest BCUT2D eigenvalue weighted by molar-refractivity contribution is 5.67. The SMILES string of the molecule is Cc1nc(C)c(C(O)CC(=O)O)o1. The van der Waals surface area contributed by atoms with Gasteiger partial charge in [-0.1, -0.05) is 0 Å². The van der Waals surface area contributed by atoms with E-state index in [1.54, 1.807) is 13.8 Å². The van der Waals surface area contributed by atoms with Crippen LogP contribution >= 0.6 is 0 Å². The molecule has 5 nitrogen and oxygen atoms in total. The summed E-state index contributed by atoms with van der Waals surface area (Å²) >= 11 is 0. The summed E-state index contributed by atoms with van der Waals surface area (Å²) in [6.07, 6.45) is -1.48. The van der Waals surface area contributed by atoms with Gasteiger partial charge in [-0.25, -0.2) is 4.98 Å². The second-order valence-electron chi connectivity index (χ2n) is 2.80. The lowest BCUT2D eigenvalue weighted by atomic mass is 10.2. The third-order valence-electron chi connectivity index (χ3n) is 1.61. The van der Waals surface area contributed by atoms with Crippen molar-refractivity contribution >= 4 is 5.97 Å². The molecule has 0 aromatic carbocycles. The summed E-state index contributed by atoms with van der Waals surface area (Å²) in [5.41, 5.74) is 0.534. The third kappa shape index (κ3) is 2.29. The molecule has 1 unspecified atom stereocenters. The first kappa shape index (κ1) is 9.73. The summed E-state index contributed by atoms with van der Waals surface area (Å²) in [6.45, 7) is 3.31. The number of carboxylic acids is 1. The summed E-state index contributed by atoms with van der Waals surface area (Å²) in [5, 5.41) is 17.8. The minimum Gasteiger partial charge on any atom is -0.481 e. The molecule has 1 aromatic rings. The van der Waals surface area contributed by atoms with E-state index < -0.39 is 12.1 Å². The van der Waals surface area contributed by atoms with Gasteiger partial charge in [0.25, 0.3) is 0 Å². The van der Waals surface area contributed by atoms with Crippen molar-refractivity contribution in [3.05, 3.63) is 17.3 Å². The van der Waals surface area contributed by atoms with Gasteiger partial charge in [0.15, 0.2) is 11.7 Å². The highest BCUT2D eigenvalue weighted by Crippen LogP contribution is 2.21. The van der Waals surface area contributed by atoms with Gasteiger partial charge < -0.3 is 14.6 Å². The number of carboxylic acid groups (broad SMARTS) is 1. The van der Waals surface area contributed by atoms with E-state index in [4.69, 9.17) is 9.52 Å². The number of aliphatic carboxylic acids is 1. The van der Waals surface area contributed by atoms with E-state index in [0.717, 1.165) is 0 Å². The molecule has 1 heterocycles. The van der Waals surface area contributed by atoms with Crippen molar-refractivity contribution in [2.45, 2.75) is 26.4 Å². The Morgan fingerprint density at radius 2 is 2.23 bits per heavy atom. The van der Waals surface area contributed by atoms with Gasteiger partial charge in [0.05, 0.1) is 12.1 Å². The highest BCUT2D eigenvalue weighted by atomic mass is 16.4. The Balaban J connectivity index is 2.81. The fourth-order valence-electron chi connectivity index (χ4n) is 1.11. The minimum atomic E-state index is -1.11. The number of carbonyl (C=O) groups is 1. The molecular formula is C8H11NO4. The van der Waals surface area contributed by atoms with Crippen LogP contribution in [0.3, 0.4) is 0 Å². The van der Waals surface area contributed by atoms with Crippen LogP contribution in [0.15, 0.2) is 4.42 Å². The van der Waals surface area contributed by atoms with E-state index in [1.165, 1.54) is 0 Å². The Bertz CT molecular complexity index is 318. The van der Waals surface area contributed by atoms with Crippen molar-refractivity contribution < 1.29 is 19.4 Å². The average Bonchev–Trinajstić information content (AvgIpc) is 2.28. The molecule has 0 aliphatic heterocycles. The van der Waals surface area contributed by atoms with Crippen LogP contribution in [0.4, 0.5) is 0 Å². The predicted octanol–water partition coefficient (Wildman–Crippen LogP) is 0.800. The fourth-order valence-corrected chi connectivity index (χ4v) is 1.11. The topological polar surface area (TPSA) is 83.6 Å². The molecule has 0 saturated carbocycles. The van der Waals surface area contributed by atoms with Crippen LogP contribution in [0, 0.1) is 13.8 Å². The first-order chi connectivity index (χ1) is 6.00. The molecule has 1 rings (SSSR count). The molecular weight excluding hydrogens is 174 g/mol. The minimum absolute atomic E-state index is 0.236. The molecule has 0 saturated heterocycles. The van der Waals surface area contributed by atoms with Crippen LogP contribution in [-0.2, 0) is 4.79 Å². The molecule has 0 aliphatic rings. The zero-order valence-corrected chi connectivity index (χ0v) is 7.44. The average molecular weight is 185 g/mol. The smallest absolute Gasteiger partial charge is 0.306 e. The van der Waals surface area contributed by atoms with Crippen molar-refractivity contribution in [1.29, 1.82) is 0 Å². The summed E-state index contributed by atoms with van der Waals surface area (Å²) in [4.78, 5) is 14.2. The fraction of sp³-hybridized carbons (Fsp3) is 0.500. The largest absolute Gasteiger partial charge is 0.481 e. The second-order valence-corrected chi connectivity index (χ2v) is 2.80. The normalized spacial score (nSPS) is 12.8. The van der Waals surface area contributed by atoms with E-state index in [9.17, 15) is 9.90 Å². The van der Waals surface area contributed by atoms with E-state index in [-0.39, 0.29) is 12.2 Å². The molecule has 0 bridgehead atoms. The number of aliphatic hydroxyl groups excluding tert-OH is 1. The zero-order chi connectivity index (χ0) is 10.0. The quantitative estimate of drug-likeness (QED) is 0.727. The lowest BCUT2D eigenvalue weighted by Crippen LogP contribution is -2.05.